The summed E-state index contributed by atoms with van der Waals surface area (Å²) < 4.78 is 0. The van der Waals surface area contributed by atoms with Crippen LogP contribution in [0.3, 0.4) is 0 Å². The van der Waals surface area contributed by atoms with E-state index in [9.17, 15) is 4.79 Å². The normalized spacial score (nSPS) is 18.3. The number of carbonyl (C=O) groups excluding carboxylic acids is 1. The highest BCUT2D eigenvalue weighted by Gasteiger charge is 2.24. The molecule has 0 aromatic carbocycles. The molecule has 1 fully saturated rings. The van der Waals surface area contributed by atoms with Gasteiger partial charge in [0.15, 0.2) is 6.04 Å². The van der Waals surface area contributed by atoms with Crippen molar-refractivity contribution in [3.8, 4) is 6.07 Å². The predicted octanol–water partition coefficient (Wildman–Crippen LogP) is 3.01. The van der Waals surface area contributed by atoms with Crippen molar-refractivity contribution in [3.63, 3.8) is 0 Å². The van der Waals surface area contributed by atoms with Crippen LogP contribution in [0.15, 0.2) is 17.5 Å². The Kier molecular flexibility index (Phi) is 4.16. The Hall–Kier alpha value is -1.34. The summed E-state index contributed by atoms with van der Waals surface area (Å²) in [6.07, 6.45) is 5.43. The van der Waals surface area contributed by atoms with Crippen molar-refractivity contribution in [2.75, 3.05) is 0 Å². The van der Waals surface area contributed by atoms with Gasteiger partial charge in [0.2, 0.25) is 5.91 Å². The van der Waals surface area contributed by atoms with Crippen LogP contribution in [0.1, 0.15) is 43.0 Å². The van der Waals surface area contributed by atoms with Crippen molar-refractivity contribution >= 4 is 17.2 Å². The average molecular weight is 248 g/mol. The van der Waals surface area contributed by atoms with Crippen molar-refractivity contribution in [3.05, 3.63) is 22.4 Å². The Morgan fingerprint density at radius 1 is 1.47 bits per heavy atom. The van der Waals surface area contributed by atoms with Gasteiger partial charge in [-0.3, -0.25) is 4.79 Å². The molecule has 1 aliphatic carbocycles. The number of hydrogen-bond donors (Lipinski definition) is 1. The zero-order chi connectivity index (χ0) is 12.1. The fraction of sp³-hybridized carbons (Fsp3) is 0.538. The largest absolute Gasteiger partial charge is 0.336 e. The first-order chi connectivity index (χ1) is 8.31. The minimum atomic E-state index is -0.482. The standard InChI is InChI=1S/C13H16N2OS/c14-9-11(12-7-4-8-17-12)15-13(16)10-5-2-1-3-6-10/h4,7-8,10-11H,1-3,5-6H2,(H,15,16). The maximum Gasteiger partial charge on any atom is 0.224 e. The third-order valence-electron chi connectivity index (χ3n) is 3.22. The maximum atomic E-state index is 12.0. The van der Waals surface area contributed by atoms with Crippen LogP contribution in [-0.4, -0.2) is 5.91 Å². The molecule has 1 atom stereocenters. The second-order valence-corrected chi connectivity index (χ2v) is 5.40. The maximum absolute atomic E-state index is 12.0. The number of carbonyl (C=O) groups is 1. The third kappa shape index (κ3) is 3.07. The molecule has 3 nitrogen and oxygen atoms in total. The van der Waals surface area contributed by atoms with Gasteiger partial charge >= 0.3 is 0 Å². The van der Waals surface area contributed by atoms with Crippen LogP contribution in [0.2, 0.25) is 0 Å². The Labute approximate surface area is 105 Å². The van der Waals surface area contributed by atoms with Crippen molar-refractivity contribution in [1.29, 1.82) is 5.26 Å². The third-order valence-corrected chi connectivity index (χ3v) is 4.16. The fourth-order valence-electron chi connectivity index (χ4n) is 2.25. The van der Waals surface area contributed by atoms with E-state index in [1.165, 1.54) is 17.8 Å². The lowest BCUT2D eigenvalue weighted by molar-refractivity contribution is -0.126. The molecule has 1 saturated carbocycles. The van der Waals surface area contributed by atoms with Crippen LogP contribution in [0.4, 0.5) is 0 Å². The van der Waals surface area contributed by atoms with Gasteiger partial charge in [0.25, 0.3) is 0 Å². The van der Waals surface area contributed by atoms with Crippen LogP contribution in [0.25, 0.3) is 0 Å². The van der Waals surface area contributed by atoms with Crippen LogP contribution >= 0.6 is 11.3 Å². The van der Waals surface area contributed by atoms with Crippen LogP contribution in [0, 0.1) is 17.2 Å². The second kappa shape index (κ2) is 5.83. The van der Waals surface area contributed by atoms with E-state index in [0.29, 0.717) is 0 Å². The van der Waals surface area contributed by atoms with E-state index < -0.39 is 6.04 Å². The molecule has 1 heterocycles. The van der Waals surface area contributed by atoms with Crippen molar-refractivity contribution < 1.29 is 4.79 Å². The summed E-state index contributed by atoms with van der Waals surface area (Å²) >= 11 is 1.51. The van der Waals surface area contributed by atoms with E-state index in [4.69, 9.17) is 5.26 Å². The number of nitriles is 1. The topological polar surface area (TPSA) is 52.9 Å². The molecule has 1 aliphatic rings. The predicted molar refractivity (Wildman–Crippen MR) is 67.4 cm³/mol. The number of rotatable bonds is 3. The molecule has 1 unspecified atom stereocenters. The van der Waals surface area contributed by atoms with Gasteiger partial charge in [-0.15, -0.1) is 11.3 Å². The summed E-state index contributed by atoms with van der Waals surface area (Å²) in [6.45, 7) is 0. The number of hydrogen-bond acceptors (Lipinski definition) is 3. The summed E-state index contributed by atoms with van der Waals surface area (Å²) in [5, 5.41) is 13.9. The minimum Gasteiger partial charge on any atom is -0.336 e. The summed E-state index contributed by atoms with van der Waals surface area (Å²) in [6, 6.07) is 5.46. The Morgan fingerprint density at radius 3 is 2.82 bits per heavy atom. The number of thiophene rings is 1. The molecule has 1 aromatic rings. The molecule has 17 heavy (non-hydrogen) atoms. The molecule has 4 heteroatoms. The molecule has 0 aliphatic heterocycles. The molecule has 1 N–H and O–H groups in total. The number of amides is 1. The van der Waals surface area contributed by atoms with Crippen molar-refractivity contribution in [2.24, 2.45) is 5.92 Å². The second-order valence-electron chi connectivity index (χ2n) is 4.42. The smallest absolute Gasteiger partial charge is 0.224 e. The Morgan fingerprint density at radius 2 is 2.24 bits per heavy atom. The summed E-state index contributed by atoms with van der Waals surface area (Å²) in [5.74, 6) is 0.157. The van der Waals surface area contributed by atoms with Gasteiger partial charge in [0.05, 0.1) is 6.07 Å². The van der Waals surface area contributed by atoms with Gasteiger partial charge in [0.1, 0.15) is 0 Å². The Bertz CT molecular complexity index is 402. The van der Waals surface area contributed by atoms with Crippen molar-refractivity contribution in [1.82, 2.24) is 5.32 Å². The molecule has 1 amide bonds. The quantitative estimate of drug-likeness (QED) is 0.894. The molecule has 0 bridgehead atoms. The van der Waals surface area contributed by atoms with Crippen LogP contribution in [-0.2, 0) is 4.79 Å². The van der Waals surface area contributed by atoms with Gasteiger partial charge < -0.3 is 5.32 Å². The van der Waals surface area contributed by atoms with Gasteiger partial charge in [0, 0.05) is 10.8 Å². The van der Waals surface area contributed by atoms with Crippen LogP contribution < -0.4 is 5.32 Å². The first-order valence-electron chi connectivity index (χ1n) is 6.04. The van der Waals surface area contributed by atoms with E-state index in [1.54, 1.807) is 0 Å². The molecule has 0 spiro atoms. The minimum absolute atomic E-state index is 0.0460. The van der Waals surface area contributed by atoms with Gasteiger partial charge in [-0.1, -0.05) is 25.3 Å². The van der Waals surface area contributed by atoms with Gasteiger partial charge in [-0.05, 0) is 24.3 Å². The Balaban J connectivity index is 1.95. The highest BCUT2D eigenvalue weighted by molar-refractivity contribution is 7.10. The van der Waals surface area contributed by atoms with E-state index >= 15 is 0 Å². The highest BCUT2D eigenvalue weighted by atomic mass is 32.1. The first-order valence-corrected chi connectivity index (χ1v) is 6.92. The highest BCUT2D eigenvalue weighted by Crippen LogP contribution is 2.25. The summed E-state index contributed by atoms with van der Waals surface area (Å²) in [5.41, 5.74) is 0. The first kappa shape index (κ1) is 12.1. The van der Waals surface area contributed by atoms with E-state index in [2.05, 4.69) is 11.4 Å². The molecule has 90 valence electrons. The monoisotopic (exact) mass is 248 g/mol. The van der Waals surface area contributed by atoms with Gasteiger partial charge in [-0.2, -0.15) is 5.26 Å². The SMILES string of the molecule is N#CC(NC(=O)C1CCCCC1)c1cccs1. The fourth-order valence-corrected chi connectivity index (χ4v) is 2.97. The average Bonchev–Trinajstić information content (AvgIpc) is 2.90. The molecular weight excluding hydrogens is 232 g/mol. The van der Waals surface area contributed by atoms with E-state index in [1.807, 2.05) is 17.5 Å². The molecule has 0 radical (unpaired) electrons. The molecule has 1 aromatic heterocycles. The van der Waals surface area contributed by atoms with Crippen molar-refractivity contribution in [2.45, 2.75) is 38.1 Å². The van der Waals surface area contributed by atoms with Crippen LogP contribution in [0.5, 0.6) is 0 Å². The lowest BCUT2D eigenvalue weighted by atomic mass is 9.88. The van der Waals surface area contributed by atoms with E-state index in [-0.39, 0.29) is 11.8 Å². The summed E-state index contributed by atoms with van der Waals surface area (Å²) in [4.78, 5) is 12.9. The zero-order valence-corrected chi connectivity index (χ0v) is 10.5. The lowest BCUT2D eigenvalue weighted by Crippen LogP contribution is -2.34. The molecule has 2 rings (SSSR count). The van der Waals surface area contributed by atoms with E-state index in [0.717, 1.165) is 30.6 Å². The lowest BCUT2D eigenvalue weighted by Gasteiger charge is -2.22. The summed E-state index contributed by atoms with van der Waals surface area (Å²) in [7, 11) is 0. The molecular formula is C13H16N2OS. The number of nitrogens with zero attached hydrogens (tertiary/aromatic N) is 1. The molecule has 0 saturated heterocycles. The number of nitrogens with one attached hydrogen (secondary N) is 1. The zero-order valence-electron chi connectivity index (χ0n) is 9.69. The van der Waals surface area contributed by atoms with Gasteiger partial charge in [-0.25, -0.2) is 0 Å².